The molecule has 0 radical (unpaired) electrons. The number of nitrogens with zero attached hydrogens (tertiary/aromatic N) is 1. The Morgan fingerprint density at radius 3 is 2.70 bits per heavy atom. The number of aliphatic hydroxyl groups excluding tert-OH is 2. The molecule has 2 aliphatic rings. The second-order valence-corrected chi connectivity index (χ2v) is 11.7. The lowest BCUT2D eigenvalue weighted by atomic mass is 9.86. The van der Waals surface area contributed by atoms with E-state index < -0.39 is 12.4 Å². The van der Waals surface area contributed by atoms with Crippen molar-refractivity contribution >= 4 is 11.7 Å². The number of methoxy groups -OCH3 is 1. The Labute approximate surface area is 252 Å². The monoisotopic (exact) mass is 593 g/mol. The van der Waals surface area contributed by atoms with Crippen LogP contribution in [0, 0.1) is 23.7 Å². The highest BCUT2D eigenvalue weighted by molar-refractivity contribution is 5.79. The van der Waals surface area contributed by atoms with E-state index in [0.717, 1.165) is 16.7 Å². The molecule has 2 aromatic carbocycles. The molecule has 0 spiro atoms. The zero-order valence-corrected chi connectivity index (χ0v) is 25.2. The van der Waals surface area contributed by atoms with Gasteiger partial charge in [0.1, 0.15) is 5.78 Å². The molecule has 0 saturated carbocycles. The van der Waals surface area contributed by atoms with Crippen molar-refractivity contribution in [1.82, 2.24) is 5.32 Å². The van der Waals surface area contributed by atoms with Crippen LogP contribution in [0.3, 0.4) is 0 Å². The van der Waals surface area contributed by atoms with Gasteiger partial charge in [0.05, 0.1) is 18.8 Å². The number of fused-ring (bicyclic) bond motifs is 5. The third kappa shape index (κ3) is 8.12. The van der Waals surface area contributed by atoms with Gasteiger partial charge >= 0.3 is 0 Å². The number of hydrogen-bond donors (Lipinski definition) is 6. The van der Waals surface area contributed by atoms with Gasteiger partial charge in [-0.2, -0.15) is 0 Å². The molecule has 3 atom stereocenters. The highest BCUT2D eigenvalue weighted by atomic mass is 16.6. The summed E-state index contributed by atoms with van der Waals surface area (Å²) in [6.45, 7) is 5.23. The zero-order valence-electron chi connectivity index (χ0n) is 25.2. The molecule has 4 rings (SSSR count). The number of nitrogens with one attached hydrogen (secondary N) is 1. The third-order valence-corrected chi connectivity index (χ3v) is 7.89. The Kier molecular flexibility index (Phi) is 10.8. The molecule has 0 saturated heterocycles. The predicted octanol–water partition coefficient (Wildman–Crippen LogP) is 2.72. The van der Waals surface area contributed by atoms with Crippen LogP contribution in [-0.4, -0.2) is 64.8 Å². The van der Waals surface area contributed by atoms with Crippen molar-refractivity contribution < 1.29 is 34.7 Å². The molecule has 1 aliphatic carbocycles. The highest BCUT2D eigenvalue weighted by Crippen LogP contribution is 2.43. The van der Waals surface area contributed by atoms with E-state index in [0.29, 0.717) is 68.2 Å². The maximum absolute atomic E-state index is 12.7. The van der Waals surface area contributed by atoms with Gasteiger partial charge in [-0.1, -0.05) is 37.8 Å². The molecule has 2 aromatic rings. The number of carbonyl (C=O) groups excluding carboxylic acids is 1. The summed E-state index contributed by atoms with van der Waals surface area (Å²) in [6, 6.07) is 5.09. The Balaban J connectivity index is 1.64. The Morgan fingerprint density at radius 2 is 1.95 bits per heavy atom. The fourth-order valence-electron chi connectivity index (χ4n) is 5.51. The van der Waals surface area contributed by atoms with Crippen molar-refractivity contribution in [3.8, 4) is 34.8 Å². The van der Waals surface area contributed by atoms with Gasteiger partial charge in [0.15, 0.2) is 29.0 Å². The lowest BCUT2D eigenvalue weighted by Gasteiger charge is -2.33. The molecular weight excluding hydrogens is 550 g/mol. The number of aliphatic hydroxyl groups is 2. The second kappa shape index (κ2) is 14.5. The lowest BCUT2D eigenvalue weighted by molar-refractivity contribution is -0.121. The van der Waals surface area contributed by atoms with E-state index in [9.17, 15) is 25.2 Å². The number of guanidine groups is 1. The van der Waals surface area contributed by atoms with Crippen molar-refractivity contribution in [2.75, 3.05) is 20.2 Å². The lowest BCUT2D eigenvalue weighted by Crippen LogP contribution is -2.38. The zero-order chi connectivity index (χ0) is 31.1. The summed E-state index contributed by atoms with van der Waals surface area (Å²) in [5.74, 6) is 6.85. The largest absolute Gasteiger partial charge is 0.504 e. The topological polar surface area (TPSA) is 167 Å². The van der Waals surface area contributed by atoms with E-state index in [4.69, 9.17) is 15.2 Å². The van der Waals surface area contributed by atoms with Crippen LogP contribution >= 0.6 is 0 Å². The van der Waals surface area contributed by atoms with Crippen molar-refractivity contribution in [3.63, 3.8) is 0 Å². The molecule has 0 aromatic heterocycles. The van der Waals surface area contributed by atoms with Gasteiger partial charge in [0.25, 0.3) is 0 Å². The number of hydrogen-bond acceptors (Lipinski definition) is 8. The van der Waals surface area contributed by atoms with E-state index in [1.807, 2.05) is 6.07 Å². The van der Waals surface area contributed by atoms with Gasteiger partial charge < -0.3 is 41.0 Å². The van der Waals surface area contributed by atoms with Gasteiger partial charge in [-0.3, -0.25) is 9.79 Å². The van der Waals surface area contributed by atoms with Crippen LogP contribution in [-0.2, 0) is 30.5 Å². The highest BCUT2D eigenvalue weighted by Gasteiger charge is 2.33. The first-order valence-electron chi connectivity index (χ1n) is 14.9. The number of ether oxygens (including phenoxy) is 2. The molecule has 43 heavy (non-hydrogen) atoms. The summed E-state index contributed by atoms with van der Waals surface area (Å²) >= 11 is 0. The van der Waals surface area contributed by atoms with Crippen molar-refractivity contribution in [2.45, 2.75) is 77.6 Å². The summed E-state index contributed by atoms with van der Waals surface area (Å²) in [7, 11) is 1.44. The number of aryl methyl sites for hydroxylation is 2. The molecule has 1 aliphatic heterocycles. The van der Waals surface area contributed by atoms with Crippen LogP contribution < -0.4 is 20.5 Å². The molecule has 10 nitrogen and oxygen atoms in total. The number of rotatable bonds is 6. The molecule has 232 valence electrons. The molecule has 0 unspecified atom stereocenters. The standard InChI is InChI=1S/C33H43N3O7/c1-19(2)18-36-33(34)35-14-13-23-16-27-21-8-11-25(38)17-24(37)10-7-20-9-12-28(39)30(42-3)26(20)6-4-5-22(15-21)29(40)31(27)43-32(23)41/h9,12,15,19,23,25,32,38-41H,5,7-8,10-11,13-14,16-18H2,1-3H3,(H3,34,35,36)/t23-,25+,32-/m0/s1. The van der Waals surface area contributed by atoms with Crippen LogP contribution in [0.4, 0.5) is 0 Å². The van der Waals surface area contributed by atoms with E-state index in [1.54, 1.807) is 6.07 Å². The van der Waals surface area contributed by atoms with Crippen molar-refractivity contribution in [3.05, 3.63) is 46.0 Å². The number of aliphatic imine (C=N–C) groups is 1. The smallest absolute Gasteiger partial charge is 0.200 e. The summed E-state index contributed by atoms with van der Waals surface area (Å²) in [6.07, 6.45) is 0.627. The summed E-state index contributed by atoms with van der Waals surface area (Å²) < 4.78 is 11.3. The average molecular weight is 594 g/mol. The van der Waals surface area contributed by atoms with Gasteiger partial charge in [-0.05, 0) is 55.2 Å². The van der Waals surface area contributed by atoms with Crippen molar-refractivity contribution in [2.24, 2.45) is 22.6 Å². The van der Waals surface area contributed by atoms with Gasteiger partial charge in [0, 0.05) is 49.4 Å². The number of benzene rings is 2. The first-order valence-corrected chi connectivity index (χ1v) is 14.9. The predicted molar refractivity (Wildman–Crippen MR) is 163 cm³/mol. The molecule has 0 fully saturated rings. The van der Waals surface area contributed by atoms with Gasteiger partial charge in [0.2, 0.25) is 6.29 Å². The number of phenolic OH excluding ortho intramolecular Hbond substituents is 2. The normalized spacial score (nSPS) is 20.9. The van der Waals surface area contributed by atoms with E-state index in [1.165, 1.54) is 13.2 Å². The number of nitrogens with two attached hydrogens (primary N) is 1. The molecule has 2 bridgehead atoms. The summed E-state index contributed by atoms with van der Waals surface area (Å²) in [5, 5.41) is 46.2. The number of Topliss-reactive ketones (excluding diaryl/α,β-unsaturated/α-hetero) is 1. The third-order valence-electron chi connectivity index (χ3n) is 7.89. The Hall–Kier alpha value is -3.94. The molecule has 0 amide bonds. The minimum Gasteiger partial charge on any atom is -0.504 e. The quantitative estimate of drug-likeness (QED) is 0.168. The first-order chi connectivity index (χ1) is 20.6. The number of carbonyl (C=O) groups is 1. The van der Waals surface area contributed by atoms with E-state index in [2.05, 4.69) is 36.0 Å². The van der Waals surface area contributed by atoms with E-state index >= 15 is 0 Å². The number of phenols is 2. The van der Waals surface area contributed by atoms with Crippen LogP contribution in [0.15, 0.2) is 23.2 Å². The Morgan fingerprint density at radius 1 is 1.16 bits per heavy atom. The molecule has 1 heterocycles. The van der Waals surface area contributed by atoms with Gasteiger partial charge in [-0.25, -0.2) is 0 Å². The average Bonchev–Trinajstić information content (AvgIpc) is 2.96. The minimum atomic E-state index is -1.14. The maximum atomic E-state index is 12.7. The molecule has 10 heteroatoms. The van der Waals surface area contributed by atoms with Gasteiger partial charge in [-0.15, -0.1) is 0 Å². The van der Waals surface area contributed by atoms with Crippen LogP contribution in [0.2, 0.25) is 0 Å². The second-order valence-electron chi connectivity index (χ2n) is 11.7. The summed E-state index contributed by atoms with van der Waals surface area (Å²) in [4.78, 5) is 17.0. The van der Waals surface area contributed by atoms with Crippen molar-refractivity contribution in [1.29, 1.82) is 0 Å². The Bertz CT molecular complexity index is 1410. The SMILES string of the molecule is COc1c(O)ccc2c1C#CCc1cc(c3c(c1O)O[C@H](O)[C@@H](CCNC(N)=NCC(C)C)C3)CC[C@@H](O)CC(=O)CC2. The molecular formula is C33H43N3O7. The fourth-order valence-corrected chi connectivity index (χ4v) is 5.51. The number of aromatic hydroxyl groups is 2. The maximum Gasteiger partial charge on any atom is 0.200 e. The number of ketones is 1. The first kappa shape index (κ1) is 32.0. The van der Waals surface area contributed by atoms with Crippen LogP contribution in [0.1, 0.15) is 67.3 Å². The molecule has 7 N–H and O–H groups in total. The summed E-state index contributed by atoms with van der Waals surface area (Å²) in [5.41, 5.74) is 9.33. The minimum absolute atomic E-state index is 0.0205. The van der Waals surface area contributed by atoms with Crippen LogP contribution in [0.5, 0.6) is 23.0 Å². The van der Waals surface area contributed by atoms with Crippen LogP contribution in [0.25, 0.3) is 0 Å². The fraction of sp³-hybridized carbons (Fsp3) is 0.515. The van der Waals surface area contributed by atoms with E-state index in [-0.39, 0.29) is 54.0 Å².